The average molecular weight is 648 g/mol. The molecular weight excluding hydrogens is 589 g/mol. The van der Waals surface area contributed by atoms with Gasteiger partial charge in [0.15, 0.2) is 0 Å². The van der Waals surface area contributed by atoms with E-state index in [1.165, 1.54) is 0 Å². The Hall–Kier alpha value is -0.0865. The second kappa shape index (κ2) is 16.8. The van der Waals surface area contributed by atoms with Gasteiger partial charge in [0.05, 0.1) is 0 Å². The van der Waals surface area contributed by atoms with E-state index in [1.807, 2.05) is 69.2 Å². The van der Waals surface area contributed by atoms with Crippen LogP contribution in [-0.4, -0.2) is 58.7 Å². The van der Waals surface area contributed by atoms with Gasteiger partial charge in [-0.3, -0.25) is 0 Å². The Bertz CT molecular complexity index is 637. The van der Waals surface area contributed by atoms with E-state index in [1.54, 1.807) is 41.5 Å². The van der Waals surface area contributed by atoms with Gasteiger partial charge in [0.25, 0.3) is 0 Å². The second-order valence-electron chi connectivity index (χ2n) is 15.4. The summed E-state index contributed by atoms with van der Waals surface area (Å²) in [6, 6.07) is -3.98. The van der Waals surface area contributed by atoms with E-state index >= 15 is 0 Å². The van der Waals surface area contributed by atoms with Crippen LogP contribution in [0.1, 0.15) is 124 Å². The second-order valence-corrected chi connectivity index (χ2v) is 15.4. The van der Waals surface area contributed by atoms with Crippen molar-refractivity contribution >= 4 is 0 Å². The fourth-order valence-corrected chi connectivity index (χ4v) is 3.85. The molecule has 41 heavy (non-hydrogen) atoms. The number of rotatable bonds is 10. The largest absolute Gasteiger partial charge is 0.654 e. The van der Waals surface area contributed by atoms with Crippen LogP contribution in [0, 0.1) is 11.8 Å². The van der Waals surface area contributed by atoms with Crippen LogP contribution in [-0.2, 0) is 16.5 Å². The molecule has 0 saturated heterocycles. The van der Waals surface area contributed by atoms with E-state index in [4.69, 9.17) is 0 Å². The molecule has 0 aromatic carbocycles. The molecule has 254 valence electrons. The van der Waals surface area contributed by atoms with Crippen molar-refractivity contribution in [2.24, 2.45) is 11.8 Å². The van der Waals surface area contributed by atoms with Crippen LogP contribution in [0.25, 0.3) is 21.3 Å². The van der Waals surface area contributed by atoms with Gasteiger partial charge in [-0.25, -0.2) is 0 Å². The summed E-state index contributed by atoms with van der Waals surface area (Å²) in [7, 11) is 0. The Kier molecular flexibility index (Phi) is 18.6. The van der Waals surface area contributed by atoms with Gasteiger partial charge in [-0.1, -0.05) is 135 Å². The number of hydrogen-bond donors (Lipinski definition) is 0. The van der Waals surface area contributed by atoms with Crippen molar-refractivity contribution in [1.82, 2.24) is 0 Å². The maximum absolute atomic E-state index is 13.2. The zero-order chi connectivity index (χ0) is 32.7. The summed E-state index contributed by atoms with van der Waals surface area (Å²) in [5.41, 5.74) is -2.09. The monoisotopic (exact) mass is 646 g/mol. The Labute approximate surface area is 258 Å². The van der Waals surface area contributed by atoms with Gasteiger partial charge < -0.3 is 21.3 Å². The predicted octanol–water partition coefficient (Wildman–Crippen LogP) is 11.4. The van der Waals surface area contributed by atoms with Gasteiger partial charge in [0, 0.05) is 16.5 Å². The minimum absolute atomic E-state index is 0. The first kappa shape index (κ1) is 45.3. The third kappa shape index (κ3) is 25.0. The van der Waals surface area contributed by atoms with Crippen molar-refractivity contribution in [1.29, 1.82) is 0 Å². The Morgan fingerprint density at radius 1 is 0.415 bits per heavy atom. The molecule has 0 radical (unpaired) electrons. The first-order chi connectivity index (χ1) is 17.2. The molecule has 0 aliphatic heterocycles. The van der Waals surface area contributed by atoms with Crippen molar-refractivity contribution < 1.29 is 42.8 Å². The van der Waals surface area contributed by atoms with Crippen molar-refractivity contribution in [3.05, 3.63) is 21.3 Å². The van der Waals surface area contributed by atoms with E-state index in [9.17, 15) is 26.3 Å². The molecule has 4 atom stereocenters. The molecular formula is C30H58F6N4Ni-4. The zero-order valence-electron chi connectivity index (χ0n) is 28.3. The minimum atomic E-state index is -4.31. The molecule has 4 nitrogen and oxygen atoms in total. The summed E-state index contributed by atoms with van der Waals surface area (Å²) >= 11 is 0. The molecule has 0 rings (SSSR count). The number of nitrogens with zero attached hydrogens (tertiary/aromatic N) is 4. The van der Waals surface area contributed by atoms with Gasteiger partial charge in [0.2, 0.25) is 0 Å². The molecule has 0 aromatic heterocycles. The van der Waals surface area contributed by atoms with Crippen LogP contribution < -0.4 is 0 Å². The quantitative estimate of drug-likeness (QED) is 0.167. The van der Waals surface area contributed by atoms with Crippen LogP contribution in [0.4, 0.5) is 26.3 Å². The van der Waals surface area contributed by atoms with Crippen LogP contribution in [0.2, 0.25) is 0 Å². The smallest absolute Gasteiger partial charge is 0.373 e. The van der Waals surface area contributed by atoms with Gasteiger partial charge in [0.1, 0.15) is 0 Å². The number of alkyl halides is 6. The van der Waals surface area contributed by atoms with E-state index < -0.39 is 35.5 Å². The Balaban J connectivity index is -0.000000688. The SMILES string of the molecule is CC(C)C(CC([N-]C(C)(C)C)C(F)(F)F)[N-]C(C)(C)C.CC(C)C(CC([N-]C(C)(C)C)C(F)(F)F)[N-]C(C)(C)C.[Ni]. The predicted molar refractivity (Wildman–Crippen MR) is 159 cm³/mol. The Morgan fingerprint density at radius 2 is 0.610 bits per heavy atom. The molecule has 0 N–H and O–H groups in total. The summed E-state index contributed by atoms with van der Waals surface area (Å²) in [6.07, 6.45) is -8.77. The van der Waals surface area contributed by atoms with E-state index in [0.717, 1.165) is 0 Å². The van der Waals surface area contributed by atoms with Crippen molar-refractivity contribution in [2.75, 3.05) is 0 Å². The molecule has 0 saturated carbocycles. The molecule has 0 spiro atoms. The molecule has 0 aliphatic carbocycles. The van der Waals surface area contributed by atoms with Gasteiger partial charge in [-0.2, -0.15) is 26.3 Å². The van der Waals surface area contributed by atoms with Crippen LogP contribution in [0.3, 0.4) is 0 Å². The van der Waals surface area contributed by atoms with E-state index in [2.05, 4.69) is 21.3 Å². The molecule has 0 bridgehead atoms. The zero-order valence-corrected chi connectivity index (χ0v) is 29.2. The minimum Gasteiger partial charge on any atom is -0.654 e. The summed E-state index contributed by atoms with van der Waals surface area (Å²) < 4.78 is 79.0. The van der Waals surface area contributed by atoms with Crippen LogP contribution in [0.5, 0.6) is 0 Å². The molecule has 0 aromatic rings. The Morgan fingerprint density at radius 3 is 0.732 bits per heavy atom. The standard InChI is InChI=1S/2C15H29F3N2.Ni/c2*1-10(2)11(19-13(3,4)5)9-12(15(16,17)18)20-14(6,7)8;/h2*10-12H,9H2,1-8H3;/q2*-2;. The molecule has 0 fully saturated rings. The number of halogens is 6. The summed E-state index contributed by atoms with van der Waals surface area (Å²) in [5.74, 6) is 0.128. The van der Waals surface area contributed by atoms with E-state index in [-0.39, 0.29) is 64.3 Å². The molecule has 11 heteroatoms. The summed E-state index contributed by atoms with van der Waals surface area (Å²) in [4.78, 5) is 0. The molecule has 0 aliphatic rings. The van der Waals surface area contributed by atoms with Gasteiger partial charge in [-0.05, 0) is 12.1 Å². The first-order valence-corrected chi connectivity index (χ1v) is 14.2. The fourth-order valence-electron chi connectivity index (χ4n) is 3.85. The van der Waals surface area contributed by atoms with Crippen molar-refractivity contribution in [3.8, 4) is 0 Å². The van der Waals surface area contributed by atoms with Gasteiger partial charge in [-0.15, -0.1) is 34.2 Å². The van der Waals surface area contributed by atoms with E-state index in [0.29, 0.717) is 0 Å². The molecule has 4 unspecified atom stereocenters. The third-order valence-corrected chi connectivity index (χ3v) is 5.42. The first-order valence-electron chi connectivity index (χ1n) is 14.2. The van der Waals surface area contributed by atoms with Gasteiger partial charge >= 0.3 is 12.4 Å². The maximum Gasteiger partial charge on any atom is 0.373 e. The summed E-state index contributed by atoms with van der Waals surface area (Å²) in [6.45, 7) is 29.2. The third-order valence-electron chi connectivity index (χ3n) is 5.42. The maximum atomic E-state index is 13.2. The van der Waals surface area contributed by atoms with Crippen LogP contribution in [0.15, 0.2) is 0 Å². The normalized spacial score (nSPS) is 17.0. The average Bonchev–Trinajstić information content (AvgIpc) is 2.60. The number of hydrogen-bond acceptors (Lipinski definition) is 0. The summed E-state index contributed by atoms with van der Waals surface area (Å²) in [5, 5.41) is 17.0. The topological polar surface area (TPSA) is 56.4 Å². The fraction of sp³-hybridized carbons (Fsp3) is 1.00. The van der Waals surface area contributed by atoms with Crippen molar-refractivity contribution in [3.63, 3.8) is 0 Å². The molecule has 0 heterocycles. The molecule has 0 amide bonds. The van der Waals surface area contributed by atoms with Crippen LogP contribution >= 0.6 is 0 Å². The van der Waals surface area contributed by atoms with Crippen molar-refractivity contribution in [2.45, 2.75) is 182 Å².